The molecule has 1 aromatic rings. The van der Waals surface area contributed by atoms with Crippen LogP contribution in [0.4, 0.5) is 0 Å². The lowest BCUT2D eigenvalue weighted by atomic mass is 10.0. The van der Waals surface area contributed by atoms with Gasteiger partial charge in [-0.25, -0.2) is 4.98 Å². The topological polar surface area (TPSA) is 33.1 Å². The van der Waals surface area contributed by atoms with Crippen molar-refractivity contribution < 1.29 is 0 Å². The van der Waals surface area contributed by atoms with Gasteiger partial charge in [0.05, 0.1) is 12.0 Å². The predicted molar refractivity (Wildman–Crippen MR) is 74.4 cm³/mol. The smallest absolute Gasteiger partial charge is 0.0945 e. The van der Waals surface area contributed by atoms with E-state index in [1.54, 1.807) is 0 Å². The van der Waals surface area contributed by atoms with Crippen LogP contribution in [0.25, 0.3) is 0 Å². The zero-order valence-corrected chi connectivity index (χ0v) is 11.9. The maximum Gasteiger partial charge on any atom is 0.0945 e. The maximum atomic E-state index is 4.20. The van der Waals surface area contributed by atoms with Gasteiger partial charge in [-0.15, -0.1) is 0 Å². The molecule has 1 saturated heterocycles. The molecule has 1 unspecified atom stereocenters. The lowest BCUT2D eigenvalue weighted by Crippen LogP contribution is -2.45. The molecule has 4 nitrogen and oxygen atoms in total. The molecule has 0 aliphatic carbocycles. The molecule has 1 fully saturated rings. The number of aryl methyl sites for hydroxylation is 1. The Kier molecular flexibility index (Phi) is 4.78. The third-order valence-electron chi connectivity index (χ3n) is 3.88. The van der Waals surface area contributed by atoms with E-state index in [1.165, 1.54) is 31.5 Å². The van der Waals surface area contributed by atoms with Crippen molar-refractivity contribution in [2.24, 2.45) is 7.05 Å². The van der Waals surface area contributed by atoms with E-state index in [2.05, 4.69) is 40.7 Å². The minimum absolute atomic E-state index is 0.573. The Morgan fingerprint density at radius 2 is 2.33 bits per heavy atom. The fourth-order valence-electron chi connectivity index (χ4n) is 2.57. The van der Waals surface area contributed by atoms with E-state index in [4.69, 9.17) is 0 Å². The van der Waals surface area contributed by atoms with Crippen molar-refractivity contribution in [2.45, 2.75) is 51.7 Å². The Morgan fingerprint density at radius 1 is 1.50 bits per heavy atom. The zero-order valence-electron chi connectivity index (χ0n) is 11.9. The van der Waals surface area contributed by atoms with Gasteiger partial charge >= 0.3 is 0 Å². The number of hydrogen-bond donors (Lipinski definition) is 1. The van der Waals surface area contributed by atoms with E-state index in [9.17, 15) is 0 Å². The maximum absolute atomic E-state index is 4.20. The van der Waals surface area contributed by atoms with E-state index >= 15 is 0 Å². The van der Waals surface area contributed by atoms with Crippen LogP contribution in [0.3, 0.4) is 0 Å². The van der Waals surface area contributed by atoms with E-state index in [0.717, 1.165) is 13.1 Å². The van der Waals surface area contributed by atoms with E-state index in [1.807, 2.05) is 12.5 Å². The Bertz CT molecular complexity index is 352. The van der Waals surface area contributed by atoms with Crippen LogP contribution in [-0.2, 0) is 13.6 Å². The number of rotatable bonds is 5. The van der Waals surface area contributed by atoms with Crippen molar-refractivity contribution in [1.29, 1.82) is 0 Å². The SMILES string of the molecule is CC(C)N(Cc1cncn1C)CC1CCCCN1. The van der Waals surface area contributed by atoms with Crippen molar-refractivity contribution in [3.63, 3.8) is 0 Å². The van der Waals surface area contributed by atoms with Gasteiger partial charge in [-0.3, -0.25) is 4.90 Å². The Hall–Kier alpha value is -0.870. The molecule has 1 aromatic heterocycles. The molecular formula is C14H26N4. The molecule has 102 valence electrons. The van der Waals surface area contributed by atoms with Crippen LogP contribution in [0.1, 0.15) is 38.8 Å². The number of piperidine rings is 1. The minimum atomic E-state index is 0.573. The molecule has 4 heteroatoms. The van der Waals surface area contributed by atoms with Crippen molar-refractivity contribution in [2.75, 3.05) is 13.1 Å². The highest BCUT2D eigenvalue weighted by Gasteiger charge is 2.19. The third-order valence-corrected chi connectivity index (χ3v) is 3.88. The van der Waals surface area contributed by atoms with Crippen LogP contribution < -0.4 is 5.32 Å². The predicted octanol–water partition coefficient (Wildman–Crippen LogP) is 1.77. The summed E-state index contributed by atoms with van der Waals surface area (Å²) >= 11 is 0. The summed E-state index contributed by atoms with van der Waals surface area (Å²) in [6.07, 6.45) is 7.88. The molecule has 2 heterocycles. The van der Waals surface area contributed by atoms with Gasteiger partial charge in [0.1, 0.15) is 0 Å². The second kappa shape index (κ2) is 6.34. The Morgan fingerprint density at radius 3 is 2.89 bits per heavy atom. The van der Waals surface area contributed by atoms with Gasteiger partial charge in [-0.2, -0.15) is 0 Å². The molecule has 18 heavy (non-hydrogen) atoms. The van der Waals surface area contributed by atoms with Crippen molar-refractivity contribution in [3.05, 3.63) is 18.2 Å². The molecule has 1 N–H and O–H groups in total. The first-order valence-electron chi connectivity index (χ1n) is 7.09. The van der Waals surface area contributed by atoms with Gasteiger partial charge in [-0.1, -0.05) is 6.42 Å². The summed E-state index contributed by atoms with van der Waals surface area (Å²) in [6, 6.07) is 1.23. The molecule has 1 atom stereocenters. The summed E-state index contributed by atoms with van der Waals surface area (Å²) < 4.78 is 2.11. The third kappa shape index (κ3) is 3.56. The van der Waals surface area contributed by atoms with Crippen molar-refractivity contribution in [1.82, 2.24) is 19.8 Å². The molecule has 1 aliphatic rings. The van der Waals surface area contributed by atoms with Crippen LogP contribution in [0.2, 0.25) is 0 Å². The molecule has 1 aliphatic heterocycles. The van der Waals surface area contributed by atoms with Crippen molar-refractivity contribution >= 4 is 0 Å². The molecule has 2 rings (SSSR count). The molecule has 0 spiro atoms. The number of imidazole rings is 1. The Balaban J connectivity index is 1.93. The lowest BCUT2D eigenvalue weighted by Gasteiger charge is -2.33. The molecule has 0 amide bonds. The summed E-state index contributed by atoms with van der Waals surface area (Å²) in [6.45, 7) is 7.87. The monoisotopic (exact) mass is 250 g/mol. The largest absolute Gasteiger partial charge is 0.337 e. The summed E-state index contributed by atoms with van der Waals surface area (Å²) in [5.74, 6) is 0. The number of hydrogen-bond acceptors (Lipinski definition) is 3. The summed E-state index contributed by atoms with van der Waals surface area (Å²) in [4.78, 5) is 6.74. The number of nitrogens with one attached hydrogen (secondary N) is 1. The van der Waals surface area contributed by atoms with Crippen LogP contribution in [0, 0.1) is 0 Å². The number of aromatic nitrogens is 2. The quantitative estimate of drug-likeness (QED) is 0.864. The van der Waals surface area contributed by atoms with Crippen LogP contribution in [0.5, 0.6) is 0 Å². The summed E-state index contributed by atoms with van der Waals surface area (Å²) in [7, 11) is 2.07. The van der Waals surface area contributed by atoms with Gasteiger partial charge in [-0.05, 0) is 33.2 Å². The first-order valence-corrected chi connectivity index (χ1v) is 7.09. The van der Waals surface area contributed by atoms with Gasteiger partial charge in [0, 0.05) is 38.4 Å². The lowest BCUT2D eigenvalue weighted by molar-refractivity contribution is 0.174. The van der Waals surface area contributed by atoms with Gasteiger partial charge < -0.3 is 9.88 Å². The normalized spacial score (nSPS) is 20.8. The van der Waals surface area contributed by atoms with Crippen LogP contribution in [-0.4, -0.2) is 39.6 Å². The van der Waals surface area contributed by atoms with Crippen LogP contribution in [0.15, 0.2) is 12.5 Å². The average Bonchev–Trinajstić information content (AvgIpc) is 2.75. The molecule has 0 aromatic carbocycles. The van der Waals surface area contributed by atoms with Crippen LogP contribution >= 0.6 is 0 Å². The van der Waals surface area contributed by atoms with E-state index in [0.29, 0.717) is 12.1 Å². The fraction of sp³-hybridized carbons (Fsp3) is 0.786. The first-order chi connectivity index (χ1) is 8.66. The Labute approximate surface area is 110 Å². The van der Waals surface area contributed by atoms with Crippen molar-refractivity contribution in [3.8, 4) is 0 Å². The molecule has 0 radical (unpaired) electrons. The highest BCUT2D eigenvalue weighted by molar-refractivity contribution is 4.98. The second-order valence-electron chi connectivity index (χ2n) is 5.67. The van der Waals surface area contributed by atoms with Gasteiger partial charge in [0.15, 0.2) is 0 Å². The fourth-order valence-corrected chi connectivity index (χ4v) is 2.57. The minimum Gasteiger partial charge on any atom is -0.337 e. The number of nitrogens with zero attached hydrogens (tertiary/aromatic N) is 3. The highest BCUT2D eigenvalue weighted by atomic mass is 15.2. The van der Waals surface area contributed by atoms with E-state index < -0.39 is 0 Å². The van der Waals surface area contributed by atoms with Gasteiger partial charge in [0.25, 0.3) is 0 Å². The van der Waals surface area contributed by atoms with E-state index in [-0.39, 0.29) is 0 Å². The summed E-state index contributed by atoms with van der Waals surface area (Å²) in [5, 5.41) is 3.63. The zero-order chi connectivity index (χ0) is 13.0. The molecule has 0 saturated carbocycles. The molecule has 0 bridgehead atoms. The summed E-state index contributed by atoms with van der Waals surface area (Å²) in [5.41, 5.74) is 1.29. The average molecular weight is 250 g/mol. The molecular weight excluding hydrogens is 224 g/mol. The standard InChI is InChI=1S/C14H26N4/c1-12(2)18(9-13-6-4-5-7-16-13)10-14-8-15-11-17(14)3/h8,11-13,16H,4-7,9-10H2,1-3H3. The highest BCUT2D eigenvalue weighted by Crippen LogP contribution is 2.13. The first kappa shape index (κ1) is 13.6. The van der Waals surface area contributed by atoms with Gasteiger partial charge in [0.2, 0.25) is 0 Å². The second-order valence-corrected chi connectivity index (χ2v) is 5.67.